The third-order valence-corrected chi connectivity index (χ3v) is 9.32. The smallest absolute Gasteiger partial charge is 0.303 e. The van der Waals surface area contributed by atoms with Crippen LogP contribution in [0.5, 0.6) is 0 Å². The predicted molar refractivity (Wildman–Crippen MR) is 119 cm³/mol. The highest BCUT2D eigenvalue weighted by Crippen LogP contribution is 2.71. The highest BCUT2D eigenvalue weighted by Gasteiger charge is 2.77. The maximum atomic E-state index is 17.3. The second-order valence-electron chi connectivity index (χ2n) is 11.1. The van der Waals surface area contributed by atoms with Gasteiger partial charge in [-0.2, -0.15) is 0 Å². The van der Waals surface area contributed by atoms with Crippen LogP contribution in [0.25, 0.3) is 0 Å². The first-order valence-corrected chi connectivity index (χ1v) is 12.0. The quantitative estimate of drug-likeness (QED) is 0.598. The lowest BCUT2D eigenvalue weighted by atomic mass is 9.45. The van der Waals surface area contributed by atoms with Gasteiger partial charge in [0.15, 0.2) is 23.7 Å². The van der Waals surface area contributed by atoms with Gasteiger partial charge in [-0.3, -0.25) is 19.2 Å². The fraction of sp³-hybridized carbons (Fsp3) is 0.692. The van der Waals surface area contributed by atoms with Crippen molar-refractivity contribution in [2.45, 2.75) is 77.7 Å². The Bertz CT molecular complexity index is 1070. The number of halogens is 2. The van der Waals surface area contributed by atoms with Crippen LogP contribution in [0.3, 0.4) is 0 Å². The first-order valence-electron chi connectivity index (χ1n) is 12.0. The first kappa shape index (κ1) is 25.7. The fourth-order valence-electron chi connectivity index (χ4n) is 7.87. The molecule has 0 amide bonds. The van der Waals surface area contributed by atoms with Gasteiger partial charge in [-0.05, 0) is 37.3 Å². The summed E-state index contributed by atoms with van der Waals surface area (Å²) in [6, 6.07) is 0. The van der Waals surface area contributed by atoms with E-state index in [-0.39, 0.29) is 37.0 Å². The molecule has 8 atom stereocenters. The Morgan fingerprint density at radius 2 is 1.83 bits per heavy atom. The van der Waals surface area contributed by atoms with Crippen LogP contribution in [0.2, 0.25) is 0 Å². The molecule has 9 heteroatoms. The van der Waals surface area contributed by atoms with Crippen molar-refractivity contribution in [2.75, 3.05) is 6.61 Å². The van der Waals surface area contributed by atoms with E-state index >= 15 is 8.78 Å². The lowest BCUT2D eigenvalue weighted by molar-refractivity contribution is -0.226. The minimum absolute atomic E-state index is 0.0506. The minimum atomic E-state index is -2.30. The van der Waals surface area contributed by atoms with E-state index in [9.17, 15) is 24.3 Å². The Balaban J connectivity index is 1.86. The normalized spacial score (nSPS) is 44.3. The van der Waals surface area contributed by atoms with Gasteiger partial charge in [0.05, 0.1) is 6.10 Å². The van der Waals surface area contributed by atoms with Crippen LogP contribution in [-0.2, 0) is 28.7 Å². The molecule has 0 heterocycles. The number of ketones is 2. The molecule has 0 aromatic rings. The predicted octanol–water partition coefficient (Wildman–Crippen LogP) is 3.33. The van der Waals surface area contributed by atoms with Crippen molar-refractivity contribution >= 4 is 23.5 Å². The molecule has 0 radical (unpaired) electrons. The molecule has 0 aromatic carbocycles. The SMILES string of the molecule is CC(=O)OCC(=O)C1(OC(C)=O)[C@@H](C)CC2C3CC(F)=C4CC(=O)C=CC4(C)[C@@]3(F)[C@@H](O)CC21C. The summed E-state index contributed by atoms with van der Waals surface area (Å²) >= 11 is 0. The number of aliphatic hydroxyl groups excluding tert-OH is 1. The molecule has 4 aliphatic rings. The molecular formula is C26H32F2O7. The van der Waals surface area contributed by atoms with E-state index in [0.29, 0.717) is 0 Å². The Morgan fingerprint density at radius 3 is 2.43 bits per heavy atom. The molecule has 0 aromatic heterocycles. The molecule has 0 bridgehead atoms. The van der Waals surface area contributed by atoms with Crippen LogP contribution >= 0.6 is 0 Å². The number of rotatable bonds is 4. The van der Waals surface area contributed by atoms with E-state index in [0.717, 1.165) is 13.8 Å². The van der Waals surface area contributed by atoms with Gasteiger partial charge in [0.2, 0.25) is 5.78 Å². The van der Waals surface area contributed by atoms with Crippen LogP contribution in [0.1, 0.15) is 60.3 Å². The highest BCUT2D eigenvalue weighted by atomic mass is 19.1. The second-order valence-corrected chi connectivity index (χ2v) is 11.1. The Hall–Kier alpha value is -2.42. The zero-order valence-electron chi connectivity index (χ0n) is 20.7. The molecule has 4 aliphatic carbocycles. The number of aliphatic hydroxyl groups is 1. The minimum Gasteiger partial charge on any atom is -0.458 e. The number of allylic oxidation sites excluding steroid dienone is 4. The second kappa shape index (κ2) is 8.05. The molecular weight excluding hydrogens is 462 g/mol. The van der Waals surface area contributed by atoms with Gasteiger partial charge in [0.25, 0.3) is 0 Å². The van der Waals surface area contributed by atoms with E-state index < -0.39 is 76.1 Å². The van der Waals surface area contributed by atoms with Crippen molar-refractivity contribution in [3.05, 3.63) is 23.6 Å². The summed E-state index contributed by atoms with van der Waals surface area (Å²) in [7, 11) is 0. The topological polar surface area (TPSA) is 107 Å². The molecule has 0 aliphatic heterocycles. The largest absolute Gasteiger partial charge is 0.458 e. The number of carbonyl (C=O) groups excluding carboxylic acids is 4. The lowest BCUT2D eigenvalue weighted by Crippen LogP contribution is -2.70. The number of alkyl halides is 1. The van der Waals surface area contributed by atoms with Crippen LogP contribution in [0.4, 0.5) is 8.78 Å². The molecule has 35 heavy (non-hydrogen) atoms. The summed E-state index contributed by atoms with van der Waals surface area (Å²) in [5, 5.41) is 11.4. The van der Waals surface area contributed by atoms with Crippen LogP contribution in [0, 0.1) is 28.6 Å². The summed E-state index contributed by atoms with van der Waals surface area (Å²) in [6.07, 6.45) is 0.378. The zero-order chi connectivity index (χ0) is 26.1. The number of ether oxygens (including phenoxy) is 2. The van der Waals surface area contributed by atoms with Crippen LogP contribution < -0.4 is 0 Å². The maximum Gasteiger partial charge on any atom is 0.303 e. The van der Waals surface area contributed by atoms with Crippen LogP contribution in [-0.4, -0.2) is 52.6 Å². The molecule has 2 fully saturated rings. The van der Waals surface area contributed by atoms with Gasteiger partial charge in [-0.15, -0.1) is 0 Å². The molecule has 5 unspecified atom stereocenters. The van der Waals surface area contributed by atoms with Gasteiger partial charge >= 0.3 is 11.9 Å². The van der Waals surface area contributed by atoms with Crippen molar-refractivity contribution in [2.24, 2.45) is 28.6 Å². The first-order chi connectivity index (χ1) is 16.1. The average Bonchev–Trinajstić information content (AvgIpc) is 2.97. The molecule has 0 saturated heterocycles. The Labute approximate surface area is 202 Å². The number of carbonyl (C=O) groups is 4. The van der Waals surface area contributed by atoms with E-state index in [2.05, 4.69) is 0 Å². The highest BCUT2D eigenvalue weighted by molar-refractivity contribution is 5.94. The zero-order valence-corrected chi connectivity index (χ0v) is 20.7. The summed E-state index contributed by atoms with van der Waals surface area (Å²) < 4.78 is 43.4. The molecule has 1 N–H and O–H groups in total. The Kier molecular flexibility index (Phi) is 5.90. The van der Waals surface area contributed by atoms with E-state index in [4.69, 9.17) is 9.47 Å². The fourth-order valence-corrected chi connectivity index (χ4v) is 7.87. The van der Waals surface area contributed by atoms with Crippen molar-refractivity contribution in [1.82, 2.24) is 0 Å². The third-order valence-electron chi connectivity index (χ3n) is 9.32. The molecule has 7 nitrogen and oxygen atoms in total. The van der Waals surface area contributed by atoms with Crippen molar-refractivity contribution in [3.63, 3.8) is 0 Å². The summed E-state index contributed by atoms with van der Waals surface area (Å²) in [4.78, 5) is 49.2. The molecule has 192 valence electrons. The monoisotopic (exact) mass is 494 g/mol. The van der Waals surface area contributed by atoms with Crippen molar-refractivity contribution in [3.8, 4) is 0 Å². The maximum absolute atomic E-state index is 17.3. The summed E-state index contributed by atoms with van der Waals surface area (Å²) in [6.45, 7) is 6.53. The van der Waals surface area contributed by atoms with Gasteiger partial charge in [-0.1, -0.05) is 19.9 Å². The standard InChI is InChI=1S/C26H32F2O7/c1-13-8-17-18-10-20(27)19-9-16(31)6-7-23(19,4)25(18,28)21(32)11-24(17,5)26(13,35-15(3)30)22(33)12-34-14(2)29/h6-7,13,17-18,21,32H,8-12H2,1-5H3/t13-,17?,18?,21-,23?,24?,25-,26?/m0/s1. The number of esters is 2. The summed E-state index contributed by atoms with van der Waals surface area (Å²) in [5.41, 5.74) is -6.83. The van der Waals surface area contributed by atoms with Gasteiger partial charge in [-0.25, -0.2) is 8.78 Å². The number of hydrogen-bond acceptors (Lipinski definition) is 7. The number of Topliss-reactive ketones (excluding diaryl/α,β-unsaturated/α-hetero) is 1. The average molecular weight is 495 g/mol. The number of hydrogen-bond donors (Lipinski definition) is 1. The van der Waals surface area contributed by atoms with E-state index in [1.54, 1.807) is 13.8 Å². The van der Waals surface area contributed by atoms with Crippen molar-refractivity contribution in [1.29, 1.82) is 0 Å². The molecule has 4 rings (SSSR count). The van der Waals surface area contributed by atoms with Crippen LogP contribution in [0.15, 0.2) is 23.6 Å². The van der Waals surface area contributed by atoms with Gasteiger partial charge < -0.3 is 14.6 Å². The Morgan fingerprint density at radius 1 is 1.17 bits per heavy atom. The molecule has 0 spiro atoms. The van der Waals surface area contributed by atoms with Crippen molar-refractivity contribution < 1.29 is 42.5 Å². The van der Waals surface area contributed by atoms with E-state index in [1.165, 1.54) is 19.1 Å². The van der Waals surface area contributed by atoms with Gasteiger partial charge in [0.1, 0.15) is 5.83 Å². The third kappa shape index (κ3) is 3.22. The summed E-state index contributed by atoms with van der Waals surface area (Å²) in [5.74, 6) is -5.27. The van der Waals surface area contributed by atoms with Gasteiger partial charge in [0, 0.05) is 49.4 Å². The lowest BCUT2D eigenvalue weighted by Gasteiger charge is -2.62. The van der Waals surface area contributed by atoms with E-state index in [1.807, 2.05) is 0 Å². The number of fused-ring (bicyclic) bond motifs is 5. The molecule has 2 saturated carbocycles.